The van der Waals surface area contributed by atoms with Gasteiger partial charge in [-0.3, -0.25) is 24.8 Å². The number of nitrogens with one attached hydrogen (secondary N) is 2. The molecule has 0 aliphatic carbocycles. The maximum Gasteiger partial charge on any atom is 0.255 e. The van der Waals surface area contributed by atoms with Gasteiger partial charge in [0.1, 0.15) is 11.6 Å². The number of piperidine rings is 1. The van der Waals surface area contributed by atoms with E-state index in [9.17, 15) is 9.18 Å². The van der Waals surface area contributed by atoms with Gasteiger partial charge in [-0.15, -0.1) is 0 Å². The molecule has 214 valence electrons. The van der Waals surface area contributed by atoms with Crippen molar-refractivity contribution in [2.75, 3.05) is 25.9 Å². The van der Waals surface area contributed by atoms with Gasteiger partial charge in [0.05, 0.1) is 35.0 Å². The first-order valence-electron chi connectivity index (χ1n) is 14.0. The molecule has 4 N–H and O–H groups in total. The highest BCUT2D eigenvalue weighted by Crippen LogP contribution is 2.35. The van der Waals surface area contributed by atoms with Crippen LogP contribution in [0.3, 0.4) is 0 Å². The molecular formula is C32H32FN7O2. The van der Waals surface area contributed by atoms with Crippen LogP contribution in [0.1, 0.15) is 40.7 Å². The van der Waals surface area contributed by atoms with Crippen LogP contribution in [0.2, 0.25) is 0 Å². The number of pyridine rings is 2. The maximum absolute atomic E-state index is 13.7. The molecule has 1 fully saturated rings. The molecule has 1 aliphatic rings. The number of amides is 1. The molecule has 4 heterocycles. The normalized spacial score (nSPS) is 13.8. The number of hydrogen-bond acceptors (Lipinski definition) is 7. The Morgan fingerprint density at radius 2 is 1.81 bits per heavy atom. The third-order valence-electron chi connectivity index (χ3n) is 7.67. The molecule has 0 bridgehead atoms. The predicted octanol–water partition coefficient (Wildman–Crippen LogP) is 5.33. The standard InChI is InChI=1S/C32H32FN7O2/c1-42-27-12-10-23(33)15-24(27)32(41)37-16-20-5-8-22(9-6-20)29-28-30(38-39-31(28)34)25(18-36-29)26-11-7-21(17-35-26)19-40-13-3-2-4-14-40/h5-12,15,17-18H,2-4,13-14,16,19H2,1H3,(H,37,41)(H3,34,38,39). The highest BCUT2D eigenvalue weighted by Gasteiger charge is 2.18. The minimum absolute atomic E-state index is 0.141. The van der Waals surface area contributed by atoms with Gasteiger partial charge < -0.3 is 15.8 Å². The molecule has 1 aliphatic heterocycles. The van der Waals surface area contributed by atoms with Crippen LogP contribution >= 0.6 is 0 Å². The number of anilines is 1. The number of nitrogens with zero attached hydrogens (tertiary/aromatic N) is 4. The summed E-state index contributed by atoms with van der Waals surface area (Å²) in [6.45, 7) is 3.45. The monoisotopic (exact) mass is 565 g/mol. The van der Waals surface area contributed by atoms with Crippen LogP contribution in [0.25, 0.3) is 33.4 Å². The quantitative estimate of drug-likeness (QED) is 0.232. The number of H-pyrrole nitrogens is 1. The zero-order valence-corrected chi connectivity index (χ0v) is 23.4. The number of aromatic nitrogens is 4. The van der Waals surface area contributed by atoms with Crippen LogP contribution in [0.15, 0.2) is 67.0 Å². The number of aromatic amines is 1. The summed E-state index contributed by atoms with van der Waals surface area (Å²) in [5, 5.41) is 10.9. The zero-order chi connectivity index (χ0) is 29.1. The fourth-order valence-corrected chi connectivity index (χ4v) is 5.43. The molecule has 5 aromatic rings. The van der Waals surface area contributed by atoms with E-state index in [-0.39, 0.29) is 12.1 Å². The topological polar surface area (TPSA) is 122 Å². The number of nitrogen functional groups attached to an aromatic ring is 1. The minimum Gasteiger partial charge on any atom is -0.496 e. The Bertz CT molecular complexity index is 1710. The van der Waals surface area contributed by atoms with Crippen molar-refractivity contribution in [1.82, 2.24) is 30.4 Å². The fraction of sp³-hybridized carbons (Fsp3) is 0.250. The third-order valence-corrected chi connectivity index (χ3v) is 7.67. The molecule has 0 saturated carbocycles. The van der Waals surface area contributed by atoms with Crippen molar-refractivity contribution < 1.29 is 13.9 Å². The summed E-state index contributed by atoms with van der Waals surface area (Å²) in [5.74, 6) is -0.261. The number of carbonyl (C=O) groups excluding carboxylic acids is 1. The number of nitrogens with two attached hydrogens (primary N) is 1. The number of methoxy groups -OCH3 is 1. The molecule has 1 saturated heterocycles. The molecular weight excluding hydrogens is 533 g/mol. The van der Waals surface area contributed by atoms with Crippen molar-refractivity contribution in [3.05, 3.63) is 89.5 Å². The molecule has 3 aromatic heterocycles. The lowest BCUT2D eigenvalue weighted by atomic mass is 10.0. The summed E-state index contributed by atoms with van der Waals surface area (Å²) in [7, 11) is 1.44. The van der Waals surface area contributed by atoms with E-state index in [1.165, 1.54) is 44.1 Å². The number of ether oxygens (including phenoxy) is 1. The fourth-order valence-electron chi connectivity index (χ4n) is 5.43. The van der Waals surface area contributed by atoms with Gasteiger partial charge in [0, 0.05) is 36.6 Å². The van der Waals surface area contributed by atoms with Gasteiger partial charge in [-0.2, -0.15) is 5.10 Å². The number of carbonyl (C=O) groups is 1. The van der Waals surface area contributed by atoms with Gasteiger partial charge in [-0.25, -0.2) is 4.39 Å². The molecule has 0 radical (unpaired) electrons. The summed E-state index contributed by atoms with van der Waals surface area (Å²) in [4.78, 5) is 24.6. The van der Waals surface area contributed by atoms with E-state index in [2.05, 4.69) is 26.5 Å². The second-order valence-electron chi connectivity index (χ2n) is 10.5. The summed E-state index contributed by atoms with van der Waals surface area (Å²) < 4.78 is 18.9. The molecule has 0 spiro atoms. The lowest BCUT2D eigenvalue weighted by Gasteiger charge is -2.26. The Kier molecular flexibility index (Phi) is 7.78. The first-order valence-corrected chi connectivity index (χ1v) is 14.0. The number of rotatable bonds is 8. The van der Waals surface area contributed by atoms with Gasteiger partial charge in [0.25, 0.3) is 5.91 Å². The smallest absolute Gasteiger partial charge is 0.255 e. The van der Waals surface area contributed by atoms with Crippen molar-refractivity contribution in [1.29, 1.82) is 0 Å². The lowest BCUT2D eigenvalue weighted by molar-refractivity contribution is 0.0947. The largest absolute Gasteiger partial charge is 0.496 e. The molecule has 6 rings (SSSR count). The van der Waals surface area contributed by atoms with E-state index in [4.69, 9.17) is 20.4 Å². The molecule has 0 atom stereocenters. The Morgan fingerprint density at radius 1 is 1.02 bits per heavy atom. The van der Waals surface area contributed by atoms with Crippen molar-refractivity contribution in [2.24, 2.45) is 0 Å². The summed E-state index contributed by atoms with van der Waals surface area (Å²) in [5.41, 5.74) is 12.4. The first-order chi connectivity index (χ1) is 20.5. The van der Waals surface area contributed by atoms with Crippen LogP contribution < -0.4 is 15.8 Å². The summed E-state index contributed by atoms with van der Waals surface area (Å²) in [6.07, 6.45) is 7.56. The van der Waals surface area contributed by atoms with Gasteiger partial charge in [0.15, 0.2) is 5.82 Å². The lowest BCUT2D eigenvalue weighted by Crippen LogP contribution is -2.29. The average Bonchev–Trinajstić information content (AvgIpc) is 3.42. The Labute approximate surface area is 242 Å². The summed E-state index contributed by atoms with van der Waals surface area (Å²) in [6, 6.07) is 15.6. The van der Waals surface area contributed by atoms with Gasteiger partial charge >= 0.3 is 0 Å². The summed E-state index contributed by atoms with van der Waals surface area (Å²) >= 11 is 0. The van der Waals surface area contributed by atoms with Gasteiger partial charge in [0.2, 0.25) is 0 Å². The van der Waals surface area contributed by atoms with Crippen LogP contribution in [-0.4, -0.2) is 51.2 Å². The molecule has 9 nitrogen and oxygen atoms in total. The van der Waals surface area contributed by atoms with Gasteiger partial charge in [-0.1, -0.05) is 36.8 Å². The minimum atomic E-state index is -0.505. The Hall–Kier alpha value is -4.83. The number of hydrogen-bond donors (Lipinski definition) is 3. The second kappa shape index (κ2) is 12.0. The van der Waals surface area contributed by atoms with E-state index in [0.717, 1.165) is 59.0 Å². The molecule has 0 unspecified atom stereocenters. The van der Waals surface area contributed by atoms with E-state index in [1.807, 2.05) is 36.5 Å². The van der Waals surface area contributed by atoms with Crippen molar-refractivity contribution >= 4 is 22.6 Å². The van der Waals surface area contributed by atoms with Gasteiger partial charge in [-0.05, 0) is 61.3 Å². The number of halogens is 1. The highest BCUT2D eigenvalue weighted by atomic mass is 19.1. The van der Waals surface area contributed by atoms with E-state index < -0.39 is 11.7 Å². The van der Waals surface area contributed by atoms with Crippen molar-refractivity contribution in [2.45, 2.75) is 32.4 Å². The van der Waals surface area contributed by atoms with Crippen LogP contribution in [0.5, 0.6) is 5.75 Å². The van der Waals surface area contributed by atoms with Crippen molar-refractivity contribution in [3.63, 3.8) is 0 Å². The Morgan fingerprint density at radius 3 is 2.55 bits per heavy atom. The van der Waals surface area contributed by atoms with Crippen molar-refractivity contribution in [3.8, 4) is 28.3 Å². The average molecular weight is 566 g/mol. The predicted molar refractivity (Wildman–Crippen MR) is 160 cm³/mol. The first kappa shape index (κ1) is 27.3. The van der Waals surface area contributed by atoms with Crippen LogP contribution in [0, 0.1) is 5.82 Å². The molecule has 2 aromatic carbocycles. The number of benzene rings is 2. The maximum atomic E-state index is 13.7. The SMILES string of the molecule is COc1ccc(F)cc1C(=O)NCc1ccc(-c2ncc(-c3ccc(CN4CCCCC4)cn3)c3[nH]nc(N)c23)cc1. The zero-order valence-electron chi connectivity index (χ0n) is 23.4. The van der Waals surface area contributed by atoms with Crippen LogP contribution in [-0.2, 0) is 13.1 Å². The van der Waals surface area contributed by atoms with Crippen LogP contribution in [0.4, 0.5) is 10.2 Å². The second-order valence-corrected chi connectivity index (χ2v) is 10.5. The van der Waals surface area contributed by atoms with E-state index >= 15 is 0 Å². The molecule has 1 amide bonds. The van der Waals surface area contributed by atoms with E-state index in [0.29, 0.717) is 17.3 Å². The molecule has 42 heavy (non-hydrogen) atoms. The molecule has 10 heteroatoms. The Balaban J connectivity index is 1.19. The van der Waals surface area contributed by atoms with E-state index in [1.54, 1.807) is 6.20 Å². The number of fused-ring (bicyclic) bond motifs is 1. The third kappa shape index (κ3) is 5.66. The number of likely N-dealkylation sites (tertiary alicyclic amines) is 1. The highest BCUT2D eigenvalue weighted by molar-refractivity contribution is 6.05.